The van der Waals surface area contributed by atoms with Crippen LogP contribution in [-0.4, -0.2) is 46.6 Å². The number of nitrogens with zero attached hydrogens (tertiary/aromatic N) is 1. The Bertz CT molecular complexity index is 1700. The lowest BCUT2D eigenvalue weighted by Crippen LogP contribution is -2.24. The van der Waals surface area contributed by atoms with Gasteiger partial charge in [-0.3, -0.25) is 34.2 Å². The van der Waals surface area contributed by atoms with Crippen LogP contribution in [0.15, 0.2) is 48.5 Å². The molecule has 3 aromatic rings. The number of nitrogens with one attached hydrogen (secondary N) is 2. The molecule has 0 radical (unpaired) electrons. The van der Waals surface area contributed by atoms with Gasteiger partial charge in [-0.2, -0.15) is 0 Å². The molecule has 6 rings (SSSR count). The van der Waals surface area contributed by atoms with E-state index in [9.17, 15) is 29.1 Å². The normalized spacial score (nSPS) is 17.9. The van der Waals surface area contributed by atoms with Gasteiger partial charge in [0.25, 0.3) is 29.5 Å². The number of rotatable bonds is 4. The van der Waals surface area contributed by atoms with Crippen molar-refractivity contribution >= 4 is 53.8 Å². The molecule has 0 bridgehead atoms. The van der Waals surface area contributed by atoms with Gasteiger partial charge in [-0.25, -0.2) is 0 Å². The second-order valence-corrected chi connectivity index (χ2v) is 9.14. The van der Waals surface area contributed by atoms with E-state index < -0.39 is 18.0 Å². The number of aliphatic hydroxyl groups excluding tert-OH is 1. The highest BCUT2D eigenvalue weighted by molar-refractivity contribution is 6.24. The maximum atomic E-state index is 12.7. The highest BCUT2D eigenvalue weighted by atomic mass is 16.3. The number of hydrogen-bond acceptors (Lipinski definition) is 6. The molecule has 5 amide bonds. The van der Waals surface area contributed by atoms with Gasteiger partial charge in [0.2, 0.25) is 0 Å². The summed E-state index contributed by atoms with van der Waals surface area (Å²) >= 11 is 0. The molecule has 3 heterocycles. The van der Waals surface area contributed by atoms with Crippen molar-refractivity contribution in [1.82, 2.24) is 15.5 Å². The Morgan fingerprint density at radius 3 is 1.87 bits per heavy atom. The summed E-state index contributed by atoms with van der Waals surface area (Å²) in [5.41, 5.74) is 4.43. The first kappa shape index (κ1) is 23.3. The van der Waals surface area contributed by atoms with Crippen molar-refractivity contribution in [3.8, 4) is 0 Å². The van der Waals surface area contributed by atoms with Gasteiger partial charge in [0.15, 0.2) is 6.23 Å². The van der Waals surface area contributed by atoms with Crippen LogP contribution >= 0.6 is 0 Å². The van der Waals surface area contributed by atoms with E-state index in [1.54, 1.807) is 72.8 Å². The molecule has 1 unspecified atom stereocenters. The lowest BCUT2D eigenvalue weighted by molar-refractivity contribution is 0.0691. The molecular weight excluding hydrogens is 486 g/mol. The minimum absolute atomic E-state index is 0.236. The van der Waals surface area contributed by atoms with Crippen LogP contribution in [0.25, 0.3) is 24.3 Å². The summed E-state index contributed by atoms with van der Waals surface area (Å²) in [6.07, 6.45) is 5.75. The third kappa shape index (κ3) is 3.56. The average molecular weight is 505 g/mol. The second kappa shape index (κ2) is 8.46. The number of fused-ring (bicyclic) bond motifs is 3. The van der Waals surface area contributed by atoms with Crippen molar-refractivity contribution in [3.05, 3.63) is 104 Å². The van der Waals surface area contributed by atoms with Gasteiger partial charge >= 0.3 is 0 Å². The summed E-state index contributed by atoms with van der Waals surface area (Å²) in [5.74, 6) is -2.08. The van der Waals surface area contributed by atoms with E-state index in [0.717, 1.165) is 4.90 Å². The fourth-order valence-corrected chi connectivity index (χ4v) is 4.88. The number of benzene rings is 3. The standard InChI is InChI=1S/C29H19N3O6/c1-32-28(37)19-11-5-15(13-21(19)29(32)38)3-7-17-9-8-16(22-23(17)27(36)31-26(22)35)6-2-14-4-10-18-20(12-14)25(34)30-24(18)33/h2-13,25,34H,1H3,(H,30,33)(H,31,35,36). The Morgan fingerprint density at radius 1 is 0.684 bits per heavy atom. The molecule has 9 heteroatoms. The first-order valence-corrected chi connectivity index (χ1v) is 11.7. The largest absolute Gasteiger partial charge is 0.369 e. The van der Waals surface area contributed by atoms with Crippen molar-refractivity contribution in [3.63, 3.8) is 0 Å². The Kier molecular flexibility index (Phi) is 5.18. The van der Waals surface area contributed by atoms with Crippen LogP contribution in [-0.2, 0) is 0 Å². The summed E-state index contributed by atoms with van der Waals surface area (Å²) < 4.78 is 0. The summed E-state index contributed by atoms with van der Waals surface area (Å²) in [6.45, 7) is 0. The Balaban J connectivity index is 1.33. The quantitative estimate of drug-likeness (QED) is 0.369. The van der Waals surface area contributed by atoms with Gasteiger partial charge in [-0.05, 0) is 46.5 Å². The summed E-state index contributed by atoms with van der Waals surface area (Å²) in [5, 5.41) is 14.8. The molecule has 1 atom stereocenters. The van der Waals surface area contributed by atoms with Crippen LogP contribution in [0.1, 0.15) is 85.8 Å². The molecule has 3 aromatic carbocycles. The van der Waals surface area contributed by atoms with Crippen molar-refractivity contribution in [2.24, 2.45) is 0 Å². The van der Waals surface area contributed by atoms with E-state index in [0.29, 0.717) is 44.5 Å². The predicted molar refractivity (Wildman–Crippen MR) is 138 cm³/mol. The molecule has 0 aromatic heterocycles. The number of imide groups is 2. The second-order valence-electron chi connectivity index (χ2n) is 9.14. The molecule has 3 N–H and O–H groups in total. The van der Waals surface area contributed by atoms with Crippen LogP contribution in [0.4, 0.5) is 0 Å². The summed E-state index contributed by atoms with van der Waals surface area (Å²) in [6, 6.07) is 13.4. The fraction of sp³-hybridized carbons (Fsp3) is 0.0690. The van der Waals surface area contributed by atoms with E-state index in [1.165, 1.54) is 7.05 Å². The molecule has 0 saturated heterocycles. The van der Waals surface area contributed by atoms with Gasteiger partial charge in [-0.15, -0.1) is 0 Å². The van der Waals surface area contributed by atoms with E-state index in [4.69, 9.17) is 0 Å². The maximum absolute atomic E-state index is 12.7. The summed E-state index contributed by atoms with van der Waals surface area (Å²) in [7, 11) is 1.43. The maximum Gasteiger partial charge on any atom is 0.261 e. The topological polar surface area (TPSA) is 133 Å². The number of carbonyl (C=O) groups excluding carboxylic acids is 5. The van der Waals surface area contributed by atoms with Gasteiger partial charge in [0.1, 0.15) is 0 Å². The molecule has 3 aliphatic heterocycles. The van der Waals surface area contributed by atoms with Crippen LogP contribution in [0.3, 0.4) is 0 Å². The Morgan fingerprint density at radius 2 is 1.24 bits per heavy atom. The van der Waals surface area contributed by atoms with Crippen LogP contribution in [0.2, 0.25) is 0 Å². The zero-order valence-corrected chi connectivity index (χ0v) is 19.9. The highest BCUT2D eigenvalue weighted by Gasteiger charge is 2.33. The Labute approximate surface area is 216 Å². The molecule has 0 saturated carbocycles. The third-order valence-electron chi connectivity index (χ3n) is 6.86. The number of carbonyl (C=O) groups is 5. The zero-order valence-electron chi connectivity index (χ0n) is 19.9. The minimum Gasteiger partial charge on any atom is -0.369 e. The first-order chi connectivity index (χ1) is 18.2. The monoisotopic (exact) mass is 505 g/mol. The SMILES string of the molecule is CN1C(=O)c2ccc(C=Cc3ccc(C=Cc4ccc5c(c4)C(O)NC5=O)c4c3C(=O)NC4=O)cc2C1=O. The fourth-order valence-electron chi connectivity index (χ4n) is 4.88. The number of hydrogen-bond donors (Lipinski definition) is 3. The van der Waals surface area contributed by atoms with Crippen LogP contribution in [0.5, 0.6) is 0 Å². The molecule has 3 aliphatic rings. The van der Waals surface area contributed by atoms with Gasteiger partial charge in [0, 0.05) is 18.2 Å². The van der Waals surface area contributed by atoms with E-state index in [1.807, 2.05) is 0 Å². The lowest BCUT2D eigenvalue weighted by Gasteiger charge is -2.06. The molecule has 0 spiro atoms. The van der Waals surface area contributed by atoms with Gasteiger partial charge in [-0.1, -0.05) is 48.6 Å². The zero-order chi connectivity index (χ0) is 26.7. The van der Waals surface area contributed by atoms with Gasteiger partial charge < -0.3 is 10.4 Å². The number of amides is 5. The molecule has 0 aliphatic carbocycles. The van der Waals surface area contributed by atoms with Crippen molar-refractivity contribution in [2.75, 3.05) is 7.05 Å². The number of aliphatic hydroxyl groups is 1. The molecular formula is C29H19N3O6. The van der Waals surface area contributed by atoms with Crippen molar-refractivity contribution in [2.45, 2.75) is 6.23 Å². The van der Waals surface area contributed by atoms with E-state index in [-0.39, 0.29) is 28.8 Å². The van der Waals surface area contributed by atoms with Crippen LogP contribution < -0.4 is 10.6 Å². The Hall–Kier alpha value is -5.15. The minimum atomic E-state index is -1.07. The van der Waals surface area contributed by atoms with Crippen LogP contribution in [0, 0.1) is 0 Å². The molecule has 186 valence electrons. The van der Waals surface area contributed by atoms with Gasteiger partial charge in [0.05, 0.1) is 22.3 Å². The smallest absolute Gasteiger partial charge is 0.261 e. The summed E-state index contributed by atoms with van der Waals surface area (Å²) in [4.78, 5) is 62.6. The molecule has 9 nitrogen and oxygen atoms in total. The molecule has 38 heavy (non-hydrogen) atoms. The lowest BCUT2D eigenvalue weighted by atomic mass is 9.95. The average Bonchev–Trinajstić information content (AvgIpc) is 3.46. The molecule has 0 fully saturated rings. The first-order valence-electron chi connectivity index (χ1n) is 11.7. The predicted octanol–water partition coefficient (Wildman–Crippen LogP) is 2.87. The van der Waals surface area contributed by atoms with E-state index >= 15 is 0 Å². The van der Waals surface area contributed by atoms with Crippen molar-refractivity contribution in [1.29, 1.82) is 0 Å². The van der Waals surface area contributed by atoms with Crippen molar-refractivity contribution < 1.29 is 29.1 Å². The highest BCUT2D eigenvalue weighted by Crippen LogP contribution is 2.29. The third-order valence-corrected chi connectivity index (χ3v) is 6.86. The van der Waals surface area contributed by atoms with E-state index in [2.05, 4.69) is 10.6 Å².